The molecular weight excluding hydrogens is 208 g/mol. The van der Waals surface area contributed by atoms with E-state index in [-0.39, 0.29) is 0 Å². The average Bonchev–Trinajstić information content (AvgIpc) is 2.40. The summed E-state index contributed by atoms with van der Waals surface area (Å²) >= 11 is 0. The first-order valence-corrected chi connectivity index (χ1v) is 6.10. The molecule has 0 unspecified atom stereocenters. The summed E-state index contributed by atoms with van der Waals surface area (Å²) in [6.07, 6.45) is 0. The molecule has 5 rings (SSSR count). The van der Waals surface area contributed by atoms with Crippen LogP contribution in [0.5, 0.6) is 0 Å². The zero-order valence-corrected chi connectivity index (χ0v) is 9.85. The van der Waals surface area contributed by atoms with Gasteiger partial charge in [-0.05, 0) is 30.7 Å². The molecule has 0 atom stereocenters. The lowest BCUT2D eigenvalue weighted by Gasteiger charge is -2.46. The van der Waals surface area contributed by atoms with E-state index < -0.39 is 0 Å². The van der Waals surface area contributed by atoms with Crippen LogP contribution in [-0.4, -0.2) is 13.1 Å². The molecule has 0 amide bonds. The molecule has 2 bridgehead atoms. The number of hydrogen-bond acceptors (Lipinski definition) is 2. The van der Waals surface area contributed by atoms with Crippen molar-refractivity contribution in [3.8, 4) is 0 Å². The fourth-order valence-electron chi connectivity index (χ4n) is 3.06. The standard InChI is InChI=1S/C15H14N2/c1-11-5-4-8-14-15(11)17-10-9-16(14)12-6-2-3-7-13(12)17/h2-8H,9-10H2,1H3. The van der Waals surface area contributed by atoms with Gasteiger partial charge in [-0.15, -0.1) is 0 Å². The fourth-order valence-corrected chi connectivity index (χ4v) is 3.06. The van der Waals surface area contributed by atoms with E-state index in [0.717, 1.165) is 13.1 Å². The third-order valence-corrected chi connectivity index (χ3v) is 3.79. The molecule has 2 aromatic carbocycles. The Bertz CT molecular complexity index is 604. The topological polar surface area (TPSA) is 6.48 Å². The second-order valence-electron chi connectivity index (χ2n) is 4.73. The molecule has 3 aliphatic heterocycles. The van der Waals surface area contributed by atoms with Crippen molar-refractivity contribution in [2.45, 2.75) is 6.92 Å². The number of benzene rings is 2. The maximum absolute atomic E-state index is 2.46. The molecular formula is C15H14N2. The van der Waals surface area contributed by atoms with Gasteiger partial charge >= 0.3 is 0 Å². The highest BCUT2D eigenvalue weighted by Gasteiger charge is 2.33. The van der Waals surface area contributed by atoms with Crippen LogP contribution in [0.15, 0.2) is 42.5 Å². The van der Waals surface area contributed by atoms with Crippen molar-refractivity contribution in [2.75, 3.05) is 22.9 Å². The van der Waals surface area contributed by atoms with Crippen molar-refractivity contribution < 1.29 is 0 Å². The fraction of sp³-hybridized carbons (Fsp3) is 0.200. The Labute approximate surface area is 101 Å². The number of aryl methyl sites for hydroxylation is 1. The molecule has 17 heavy (non-hydrogen) atoms. The molecule has 3 heterocycles. The largest absolute Gasteiger partial charge is 0.336 e. The summed E-state index contributed by atoms with van der Waals surface area (Å²) in [5, 5.41) is 0. The number of fused-ring (bicyclic) bond motifs is 1. The Morgan fingerprint density at radius 2 is 1.41 bits per heavy atom. The maximum atomic E-state index is 2.46. The summed E-state index contributed by atoms with van der Waals surface area (Å²) in [6.45, 7) is 4.38. The van der Waals surface area contributed by atoms with E-state index in [1.54, 1.807) is 0 Å². The van der Waals surface area contributed by atoms with Crippen LogP contribution in [0.25, 0.3) is 0 Å². The normalized spacial score (nSPS) is 15.8. The molecule has 0 saturated carbocycles. The van der Waals surface area contributed by atoms with Crippen LogP contribution in [0.2, 0.25) is 0 Å². The van der Waals surface area contributed by atoms with Crippen molar-refractivity contribution >= 4 is 22.7 Å². The Morgan fingerprint density at radius 3 is 2.24 bits per heavy atom. The number of para-hydroxylation sites is 3. The summed E-state index contributed by atoms with van der Waals surface area (Å²) < 4.78 is 0. The third-order valence-electron chi connectivity index (χ3n) is 3.79. The summed E-state index contributed by atoms with van der Waals surface area (Å²) in [4.78, 5) is 4.90. The lowest BCUT2D eigenvalue weighted by Crippen LogP contribution is -2.42. The van der Waals surface area contributed by atoms with E-state index in [2.05, 4.69) is 59.2 Å². The lowest BCUT2D eigenvalue weighted by atomic mass is 10.0. The molecule has 2 heteroatoms. The van der Waals surface area contributed by atoms with Crippen LogP contribution >= 0.6 is 0 Å². The summed E-state index contributed by atoms with van der Waals surface area (Å²) in [5.41, 5.74) is 6.80. The molecule has 0 radical (unpaired) electrons. The lowest BCUT2D eigenvalue weighted by molar-refractivity contribution is 0.812. The minimum atomic E-state index is 1.09. The smallest absolute Gasteiger partial charge is 0.0683 e. The molecule has 0 N–H and O–H groups in total. The molecule has 84 valence electrons. The second kappa shape index (κ2) is 3.04. The highest BCUT2D eigenvalue weighted by atomic mass is 15.3. The van der Waals surface area contributed by atoms with E-state index in [9.17, 15) is 0 Å². The highest BCUT2D eigenvalue weighted by Crippen LogP contribution is 2.51. The number of anilines is 4. The van der Waals surface area contributed by atoms with E-state index in [4.69, 9.17) is 0 Å². The first kappa shape index (κ1) is 9.11. The quantitative estimate of drug-likeness (QED) is 0.672. The van der Waals surface area contributed by atoms with Gasteiger partial charge in [0.1, 0.15) is 0 Å². The molecule has 0 spiro atoms. The van der Waals surface area contributed by atoms with Gasteiger partial charge in [0, 0.05) is 13.1 Å². The molecule has 0 fully saturated rings. The Kier molecular flexibility index (Phi) is 1.63. The van der Waals surface area contributed by atoms with E-state index in [1.807, 2.05) is 0 Å². The van der Waals surface area contributed by atoms with E-state index >= 15 is 0 Å². The summed E-state index contributed by atoms with van der Waals surface area (Å²) in [7, 11) is 0. The van der Waals surface area contributed by atoms with E-state index in [1.165, 1.54) is 28.3 Å². The van der Waals surface area contributed by atoms with Gasteiger partial charge in [-0.1, -0.05) is 24.3 Å². The van der Waals surface area contributed by atoms with Gasteiger partial charge in [0.25, 0.3) is 0 Å². The van der Waals surface area contributed by atoms with E-state index in [0.29, 0.717) is 0 Å². The van der Waals surface area contributed by atoms with Crippen molar-refractivity contribution in [3.05, 3.63) is 48.0 Å². The zero-order chi connectivity index (χ0) is 11.4. The van der Waals surface area contributed by atoms with Crippen LogP contribution < -0.4 is 9.80 Å². The monoisotopic (exact) mass is 222 g/mol. The molecule has 2 aromatic rings. The SMILES string of the molecule is Cc1cccc2c1N1CCN2c2ccccc21. The molecule has 3 aliphatic rings. The van der Waals surface area contributed by atoms with Gasteiger partial charge < -0.3 is 9.80 Å². The number of hydrogen-bond donors (Lipinski definition) is 0. The van der Waals surface area contributed by atoms with Gasteiger partial charge in [-0.3, -0.25) is 0 Å². The Morgan fingerprint density at radius 1 is 0.765 bits per heavy atom. The third kappa shape index (κ3) is 1.05. The predicted octanol–water partition coefficient (Wildman–Crippen LogP) is 3.60. The maximum Gasteiger partial charge on any atom is 0.0683 e. The average molecular weight is 222 g/mol. The van der Waals surface area contributed by atoms with Crippen molar-refractivity contribution in [3.63, 3.8) is 0 Å². The van der Waals surface area contributed by atoms with Crippen LogP contribution in [0.1, 0.15) is 5.56 Å². The second-order valence-corrected chi connectivity index (χ2v) is 4.73. The Balaban J connectivity index is 2.05. The highest BCUT2D eigenvalue weighted by molar-refractivity contribution is 5.96. The van der Waals surface area contributed by atoms with Crippen LogP contribution in [-0.2, 0) is 0 Å². The molecule has 0 aromatic heterocycles. The molecule has 0 aliphatic carbocycles. The Hall–Kier alpha value is -1.96. The summed E-state index contributed by atoms with van der Waals surface area (Å²) in [6, 6.07) is 15.3. The minimum absolute atomic E-state index is 1.09. The van der Waals surface area contributed by atoms with Gasteiger partial charge in [-0.2, -0.15) is 0 Å². The summed E-state index contributed by atoms with van der Waals surface area (Å²) in [5.74, 6) is 0. The van der Waals surface area contributed by atoms with Crippen molar-refractivity contribution in [1.29, 1.82) is 0 Å². The van der Waals surface area contributed by atoms with Crippen LogP contribution in [0.3, 0.4) is 0 Å². The van der Waals surface area contributed by atoms with Gasteiger partial charge in [0.2, 0.25) is 0 Å². The molecule has 2 nitrogen and oxygen atoms in total. The number of nitrogens with zero attached hydrogens (tertiary/aromatic N) is 2. The first-order chi connectivity index (χ1) is 8.36. The van der Waals surface area contributed by atoms with Crippen LogP contribution in [0.4, 0.5) is 22.7 Å². The van der Waals surface area contributed by atoms with Crippen molar-refractivity contribution in [2.24, 2.45) is 0 Å². The number of rotatable bonds is 0. The van der Waals surface area contributed by atoms with Gasteiger partial charge in [0.05, 0.1) is 22.7 Å². The minimum Gasteiger partial charge on any atom is -0.336 e. The molecule has 0 saturated heterocycles. The first-order valence-electron chi connectivity index (χ1n) is 6.10. The van der Waals surface area contributed by atoms with Crippen LogP contribution in [0, 0.1) is 6.92 Å². The van der Waals surface area contributed by atoms with Gasteiger partial charge in [-0.25, -0.2) is 0 Å². The predicted molar refractivity (Wildman–Crippen MR) is 71.6 cm³/mol. The van der Waals surface area contributed by atoms with Gasteiger partial charge in [0.15, 0.2) is 0 Å². The zero-order valence-electron chi connectivity index (χ0n) is 9.85. The van der Waals surface area contributed by atoms with Crippen molar-refractivity contribution in [1.82, 2.24) is 0 Å².